The van der Waals surface area contributed by atoms with Gasteiger partial charge in [0.1, 0.15) is 0 Å². The molecule has 1 aromatic carbocycles. The Morgan fingerprint density at radius 1 is 1.24 bits per heavy atom. The van der Waals surface area contributed by atoms with E-state index in [2.05, 4.69) is 42.2 Å². The largest absolute Gasteiger partial charge is 0.326 e. The summed E-state index contributed by atoms with van der Waals surface area (Å²) in [6, 6.07) is 11.0. The van der Waals surface area contributed by atoms with Crippen LogP contribution in [-0.4, -0.2) is 24.0 Å². The number of nitrogens with zero attached hydrogens (tertiary/aromatic N) is 1. The number of halogens is 2. The summed E-state index contributed by atoms with van der Waals surface area (Å²) in [7, 11) is 0. The average molecular weight is 277 g/mol. The Kier molecular flexibility index (Phi) is 7.80. The fourth-order valence-corrected chi connectivity index (χ4v) is 2.15. The Bertz CT molecular complexity index is 306. The molecule has 0 saturated carbocycles. The quantitative estimate of drug-likeness (QED) is 0.900. The van der Waals surface area contributed by atoms with E-state index in [1.54, 1.807) is 0 Å². The molecular weight excluding hydrogens is 255 g/mol. The van der Waals surface area contributed by atoms with Crippen molar-refractivity contribution in [3.63, 3.8) is 0 Å². The average Bonchev–Trinajstić information content (AvgIpc) is 2.25. The van der Waals surface area contributed by atoms with Gasteiger partial charge in [-0.15, -0.1) is 24.8 Å². The van der Waals surface area contributed by atoms with Gasteiger partial charge in [-0.25, -0.2) is 0 Å². The number of rotatable bonds is 2. The van der Waals surface area contributed by atoms with Crippen molar-refractivity contribution in [1.29, 1.82) is 0 Å². The van der Waals surface area contributed by atoms with Gasteiger partial charge in [-0.05, 0) is 24.4 Å². The van der Waals surface area contributed by atoms with Gasteiger partial charge in [0.05, 0.1) is 0 Å². The Morgan fingerprint density at radius 2 is 1.88 bits per heavy atom. The minimum atomic E-state index is 0. The van der Waals surface area contributed by atoms with Gasteiger partial charge in [0.2, 0.25) is 0 Å². The summed E-state index contributed by atoms with van der Waals surface area (Å²) in [5.41, 5.74) is 7.47. The number of piperidine rings is 1. The first-order valence-electron chi connectivity index (χ1n) is 5.77. The number of likely N-dealkylation sites (tertiary alicyclic amines) is 1. The van der Waals surface area contributed by atoms with Gasteiger partial charge in [-0.1, -0.05) is 37.3 Å². The molecule has 1 aromatic rings. The van der Waals surface area contributed by atoms with E-state index < -0.39 is 0 Å². The van der Waals surface area contributed by atoms with Crippen molar-refractivity contribution in [2.24, 2.45) is 11.7 Å². The van der Waals surface area contributed by atoms with Crippen LogP contribution in [0, 0.1) is 5.92 Å². The molecule has 1 aliphatic rings. The van der Waals surface area contributed by atoms with Crippen LogP contribution in [0.4, 0.5) is 0 Å². The number of hydrogen-bond donors (Lipinski definition) is 1. The molecule has 0 amide bonds. The predicted octanol–water partition coefficient (Wildman–Crippen LogP) is 2.70. The molecule has 0 spiro atoms. The van der Waals surface area contributed by atoms with Crippen molar-refractivity contribution in [1.82, 2.24) is 4.90 Å². The topological polar surface area (TPSA) is 29.3 Å². The van der Waals surface area contributed by atoms with E-state index in [9.17, 15) is 0 Å². The van der Waals surface area contributed by atoms with Crippen molar-refractivity contribution in [3.8, 4) is 0 Å². The molecule has 0 radical (unpaired) electrons. The van der Waals surface area contributed by atoms with E-state index in [1.165, 1.54) is 18.5 Å². The van der Waals surface area contributed by atoms with Gasteiger partial charge in [0.25, 0.3) is 0 Å². The van der Waals surface area contributed by atoms with Crippen LogP contribution >= 0.6 is 24.8 Å². The summed E-state index contributed by atoms with van der Waals surface area (Å²) in [5.74, 6) is 0.678. The van der Waals surface area contributed by atoms with Crippen LogP contribution in [0.15, 0.2) is 30.3 Å². The second-order valence-corrected chi connectivity index (χ2v) is 4.65. The second-order valence-electron chi connectivity index (χ2n) is 4.65. The first kappa shape index (κ1) is 16.7. The van der Waals surface area contributed by atoms with Crippen molar-refractivity contribution in [2.75, 3.05) is 13.1 Å². The number of benzene rings is 1. The van der Waals surface area contributed by atoms with Crippen LogP contribution in [-0.2, 0) is 6.54 Å². The highest BCUT2D eigenvalue weighted by molar-refractivity contribution is 5.85. The molecule has 17 heavy (non-hydrogen) atoms. The predicted molar refractivity (Wildman–Crippen MR) is 78.0 cm³/mol. The summed E-state index contributed by atoms with van der Waals surface area (Å²) < 4.78 is 0. The highest BCUT2D eigenvalue weighted by atomic mass is 35.5. The normalized spacial score (nSPS) is 24.6. The lowest BCUT2D eigenvalue weighted by Crippen LogP contribution is -2.47. The molecule has 98 valence electrons. The van der Waals surface area contributed by atoms with Crippen molar-refractivity contribution >= 4 is 24.8 Å². The van der Waals surface area contributed by atoms with E-state index in [0.717, 1.165) is 13.1 Å². The molecule has 0 aliphatic carbocycles. The summed E-state index contributed by atoms with van der Waals surface area (Å²) in [5, 5.41) is 0. The molecule has 0 aromatic heterocycles. The van der Waals surface area contributed by atoms with Crippen LogP contribution in [0.5, 0.6) is 0 Å². The second kappa shape index (κ2) is 7.93. The standard InChI is InChI=1S/C13H20N2.2ClH/c1-11-7-8-15(10-13(11)14)9-12-5-3-2-4-6-12;;/h2-6,11,13H,7-10,14H2,1H3;2*1H/t11-,13+;;/m0../s1. The van der Waals surface area contributed by atoms with Crippen molar-refractivity contribution in [3.05, 3.63) is 35.9 Å². The summed E-state index contributed by atoms with van der Waals surface area (Å²) >= 11 is 0. The Labute approximate surface area is 116 Å². The van der Waals surface area contributed by atoms with Gasteiger partial charge >= 0.3 is 0 Å². The monoisotopic (exact) mass is 276 g/mol. The molecule has 0 bridgehead atoms. The maximum Gasteiger partial charge on any atom is 0.0234 e. The molecule has 0 unspecified atom stereocenters. The van der Waals surface area contributed by atoms with E-state index in [-0.39, 0.29) is 24.8 Å². The summed E-state index contributed by atoms with van der Waals surface area (Å²) in [6.45, 7) is 5.52. The molecule has 4 heteroatoms. The van der Waals surface area contributed by atoms with E-state index in [4.69, 9.17) is 5.73 Å². The SMILES string of the molecule is C[C@H]1CCN(Cc2ccccc2)C[C@H]1N.Cl.Cl. The van der Waals surface area contributed by atoms with E-state index >= 15 is 0 Å². The lowest BCUT2D eigenvalue weighted by molar-refractivity contribution is 0.162. The zero-order chi connectivity index (χ0) is 10.7. The van der Waals surface area contributed by atoms with Crippen molar-refractivity contribution in [2.45, 2.75) is 25.9 Å². The molecule has 1 heterocycles. The van der Waals surface area contributed by atoms with Gasteiger partial charge in [-0.2, -0.15) is 0 Å². The number of hydrogen-bond acceptors (Lipinski definition) is 2. The minimum Gasteiger partial charge on any atom is -0.326 e. The van der Waals surface area contributed by atoms with Gasteiger partial charge in [-0.3, -0.25) is 4.90 Å². The molecule has 2 atom stereocenters. The van der Waals surface area contributed by atoms with Crippen LogP contribution in [0.3, 0.4) is 0 Å². The van der Waals surface area contributed by atoms with E-state index in [1.807, 2.05) is 0 Å². The van der Waals surface area contributed by atoms with Crippen LogP contribution in [0.25, 0.3) is 0 Å². The van der Waals surface area contributed by atoms with E-state index in [0.29, 0.717) is 12.0 Å². The maximum atomic E-state index is 6.08. The fraction of sp³-hybridized carbons (Fsp3) is 0.538. The zero-order valence-electron chi connectivity index (χ0n) is 10.2. The smallest absolute Gasteiger partial charge is 0.0234 e. The Morgan fingerprint density at radius 3 is 2.47 bits per heavy atom. The highest BCUT2D eigenvalue weighted by Crippen LogP contribution is 2.17. The van der Waals surface area contributed by atoms with Gasteiger partial charge < -0.3 is 5.73 Å². The zero-order valence-corrected chi connectivity index (χ0v) is 11.8. The first-order chi connectivity index (χ1) is 7.25. The van der Waals surface area contributed by atoms with Crippen molar-refractivity contribution < 1.29 is 0 Å². The highest BCUT2D eigenvalue weighted by Gasteiger charge is 2.22. The van der Waals surface area contributed by atoms with Crippen LogP contribution in [0.2, 0.25) is 0 Å². The minimum absolute atomic E-state index is 0. The third-order valence-electron chi connectivity index (χ3n) is 3.35. The lowest BCUT2D eigenvalue weighted by atomic mass is 9.94. The summed E-state index contributed by atoms with van der Waals surface area (Å²) in [6.07, 6.45) is 1.23. The third kappa shape index (κ3) is 4.84. The lowest BCUT2D eigenvalue weighted by Gasteiger charge is -2.35. The molecule has 2 rings (SSSR count). The molecule has 1 fully saturated rings. The fourth-order valence-electron chi connectivity index (χ4n) is 2.15. The molecule has 2 nitrogen and oxygen atoms in total. The van der Waals surface area contributed by atoms with Gasteiger partial charge in [0, 0.05) is 19.1 Å². The Hall–Kier alpha value is -0.280. The first-order valence-corrected chi connectivity index (χ1v) is 5.77. The Balaban J connectivity index is 0.00000128. The molecule has 1 aliphatic heterocycles. The third-order valence-corrected chi connectivity index (χ3v) is 3.35. The molecule has 2 N–H and O–H groups in total. The number of nitrogens with two attached hydrogens (primary N) is 1. The van der Waals surface area contributed by atoms with Gasteiger partial charge in [0.15, 0.2) is 0 Å². The molecule has 1 saturated heterocycles. The summed E-state index contributed by atoms with van der Waals surface area (Å²) in [4.78, 5) is 2.46. The maximum absolute atomic E-state index is 6.08. The molecular formula is C13H22Cl2N2. The van der Waals surface area contributed by atoms with Crippen LogP contribution in [0.1, 0.15) is 18.9 Å². The van der Waals surface area contributed by atoms with Crippen LogP contribution < -0.4 is 5.73 Å².